The van der Waals surface area contributed by atoms with Crippen molar-refractivity contribution in [1.82, 2.24) is 0 Å². The van der Waals surface area contributed by atoms with E-state index in [2.05, 4.69) is 4.72 Å². The summed E-state index contributed by atoms with van der Waals surface area (Å²) in [6.07, 6.45) is 1.26. The molecule has 0 aromatic heterocycles. The molecule has 0 fully saturated rings. The van der Waals surface area contributed by atoms with Gasteiger partial charge in [-0.1, -0.05) is 12.1 Å². The van der Waals surface area contributed by atoms with Crippen molar-refractivity contribution < 1.29 is 18.3 Å². The number of carboxylic acid groups (broad SMARTS) is 1. The fourth-order valence-electron chi connectivity index (χ4n) is 1.26. The fraction of sp³-hybridized carbons (Fsp3) is 0.300. The van der Waals surface area contributed by atoms with E-state index in [1.54, 1.807) is 24.3 Å². The zero-order valence-corrected chi connectivity index (χ0v) is 10.1. The molecule has 0 aliphatic rings. The highest BCUT2D eigenvalue weighted by Gasteiger charge is 2.11. The summed E-state index contributed by atoms with van der Waals surface area (Å²) >= 11 is 0. The van der Waals surface area contributed by atoms with Crippen LogP contribution in [0.25, 0.3) is 0 Å². The second-order valence-corrected chi connectivity index (χ2v) is 5.47. The van der Waals surface area contributed by atoms with Crippen molar-refractivity contribution in [2.75, 3.05) is 11.0 Å². The molecular formula is C10H14N2O4S. The van der Waals surface area contributed by atoms with Crippen molar-refractivity contribution in [3.8, 4) is 0 Å². The molecule has 0 radical (unpaired) electrons. The first-order valence-electron chi connectivity index (χ1n) is 4.83. The van der Waals surface area contributed by atoms with Gasteiger partial charge in [-0.05, 0) is 24.1 Å². The zero-order chi connectivity index (χ0) is 13.1. The number of aliphatic carboxylic acids is 1. The molecule has 0 saturated heterocycles. The molecule has 1 rings (SSSR count). The van der Waals surface area contributed by atoms with Crippen molar-refractivity contribution in [1.29, 1.82) is 0 Å². The minimum Gasteiger partial charge on any atom is -0.480 e. The van der Waals surface area contributed by atoms with E-state index >= 15 is 0 Å². The normalized spacial score (nSPS) is 13.1. The Kier molecular flexibility index (Phi) is 4.08. The van der Waals surface area contributed by atoms with Gasteiger partial charge in [0.1, 0.15) is 6.04 Å². The second-order valence-electron chi connectivity index (χ2n) is 3.72. The zero-order valence-electron chi connectivity index (χ0n) is 9.25. The maximum Gasteiger partial charge on any atom is 0.320 e. The van der Waals surface area contributed by atoms with Crippen LogP contribution in [0.1, 0.15) is 5.56 Å². The molecule has 1 aromatic rings. The Balaban J connectivity index is 2.72. The van der Waals surface area contributed by atoms with E-state index in [1.807, 2.05) is 0 Å². The smallest absolute Gasteiger partial charge is 0.320 e. The molecule has 0 amide bonds. The van der Waals surface area contributed by atoms with E-state index in [-0.39, 0.29) is 6.42 Å². The van der Waals surface area contributed by atoms with Crippen LogP contribution < -0.4 is 10.5 Å². The summed E-state index contributed by atoms with van der Waals surface area (Å²) in [7, 11) is -3.30. The summed E-state index contributed by atoms with van der Waals surface area (Å²) in [4.78, 5) is 10.5. The molecule has 1 unspecified atom stereocenters. The lowest BCUT2D eigenvalue weighted by Gasteiger charge is -2.08. The third-order valence-electron chi connectivity index (χ3n) is 2.03. The van der Waals surface area contributed by atoms with Gasteiger partial charge in [0.25, 0.3) is 0 Å². The molecule has 4 N–H and O–H groups in total. The Morgan fingerprint density at radius 3 is 2.35 bits per heavy atom. The number of nitrogens with one attached hydrogen (secondary N) is 1. The van der Waals surface area contributed by atoms with Gasteiger partial charge in [-0.2, -0.15) is 0 Å². The number of nitrogens with two attached hydrogens (primary N) is 1. The Hall–Kier alpha value is -1.60. The maximum absolute atomic E-state index is 10.9. The van der Waals surface area contributed by atoms with Crippen LogP contribution in [0.3, 0.4) is 0 Å². The van der Waals surface area contributed by atoms with Gasteiger partial charge in [0.05, 0.1) is 6.26 Å². The lowest BCUT2D eigenvalue weighted by Crippen LogP contribution is -2.32. The van der Waals surface area contributed by atoms with E-state index in [1.165, 1.54) is 0 Å². The monoisotopic (exact) mass is 258 g/mol. The minimum atomic E-state index is -3.30. The number of rotatable bonds is 5. The van der Waals surface area contributed by atoms with Crippen molar-refractivity contribution in [3.63, 3.8) is 0 Å². The quantitative estimate of drug-likeness (QED) is 0.689. The molecule has 6 nitrogen and oxygen atoms in total. The van der Waals surface area contributed by atoms with Crippen molar-refractivity contribution in [3.05, 3.63) is 29.8 Å². The average Bonchev–Trinajstić information content (AvgIpc) is 2.18. The maximum atomic E-state index is 10.9. The molecule has 94 valence electrons. The molecule has 0 saturated carbocycles. The van der Waals surface area contributed by atoms with Crippen molar-refractivity contribution in [2.45, 2.75) is 12.5 Å². The second kappa shape index (κ2) is 5.15. The Labute approximate surface area is 99.5 Å². The predicted octanol–water partition coefficient (Wildman–Crippen LogP) is 0.0125. The molecule has 0 bridgehead atoms. The summed E-state index contributed by atoms with van der Waals surface area (Å²) in [5.74, 6) is -1.07. The van der Waals surface area contributed by atoms with E-state index in [4.69, 9.17) is 10.8 Å². The SMILES string of the molecule is CS(=O)(=O)Nc1ccc(CC(N)C(=O)O)cc1. The van der Waals surface area contributed by atoms with Crippen molar-refractivity contribution >= 4 is 21.7 Å². The standard InChI is InChI=1S/C10H14N2O4S/c1-17(15,16)12-8-4-2-7(3-5-8)6-9(11)10(13)14/h2-5,9,12H,6,11H2,1H3,(H,13,14). The van der Waals surface area contributed by atoms with E-state index in [0.29, 0.717) is 5.69 Å². The van der Waals surface area contributed by atoms with Gasteiger partial charge in [-0.25, -0.2) is 8.42 Å². The first-order valence-corrected chi connectivity index (χ1v) is 6.72. The highest BCUT2D eigenvalue weighted by Crippen LogP contribution is 2.11. The highest BCUT2D eigenvalue weighted by molar-refractivity contribution is 7.92. The van der Waals surface area contributed by atoms with Crippen LogP contribution >= 0.6 is 0 Å². The van der Waals surface area contributed by atoms with Crippen LogP contribution in [-0.4, -0.2) is 31.8 Å². The number of benzene rings is 1. The summed E-state index contributed by atoms with van der Waals surface area (Å²) in [6, 6.07) is 5.44. The number of hydrogen-bond donors (Lipinski definition) is 3. The fourth-order valence-corrected chi connectivity index (χ4v) is 1.83. The molecular weight excluding hydrogens is 244 g/mol. The Morgan fingerprint density at radius 1 is 1.41 bits per heavy atom. The summed E-state index contributed by atoms with van der Waals surface area (Å²) in [6.45, 7) is 0. The number of anilines is 1. The van der Waals surface area contributed by atoms with Crippen LogP contribution in [0, 0.1) is 0 Å². The number of hydrogen-bond acceptors (Lipinski definition) is 4. The van der Waals surface area contributed by atoms with Gasteiger partial charge in [0.15, 0.2) is 0 Å². The molecule has 1 atom stereocenters. The molecule has 0 aliphatic carbocycles. The minimum absolute atomic E-state index is 0.203. The van der Waals surface area contributed by atoms with Crippen LogP contribution in [0.5, 0.6) is 0 Å². The largest absolute Gasteiger partial charge is 0.480 e. The molecule has 0 spiro atoms. The van der Waals surface area contributed by atoms with Gasteiger partial charge in [-0.15, -0.1) is 0 Å². The first kappa shape index (κ1) is 13.5. The Morgan fingerprint density at radius 2 is 1.94 bits per heavy atom. The predicted molar refractivity (Wildman–Crippen MR) is 64.2 cm³/mol. The van der Waals surface area contributed by atoms with Gasteiger partial charge >= 0.3 is 5.97 Å². The number of sulfonamides is 1. The highest BCUT2D eigenvalue weighted by atomic mass is 32.2. The Bertz CT molecular complexity index is 496. The average molecular weight is 258 g/mol. The summed E-state index contributed by atoms with van der Waals surface area (Å²) in [5.41, 5.74) is 6.54. The number of carboxylic acids is 1. The molecule has 1 aromatic carbocycles. The molecule has 17 heavy (non-hydrogen) atoms. The van der Waals surface area contributed by atoms with Gasteiger partial charge in [0, 0.05) is 5.69 Å². The third kappa shape index (κ3) is 4.83. The van der Waals surface area contributed by atoms with Crippen LogP contribution in [0.15, 0.2) is 24.3 Å². The molecule has 7 heteroatoms. The first-order chi connectivity index (χ1) is 7.78. The van der Waals surface area contributed by atoms with E-state index in [0.717, 1.165) is 11.8 Å². The summed E-state index contributed by atoms with van der Waals surface area (Å²) < 4.78 is 24.2. The van der Waals surface area contributed by atoms with Crippen molar-refractivity contribution in [2.24, 2.45) is 5.73 Å². The number of carbonyl (C=O) groups is 1. The third-order valence-corrected chi connectivity index (χ3v) is 2.64. The lowest BCUT2D eigenvalue weighted by molar-refractivity contribution is -0.138. The van der Waals surface area contributed by atoms with E-state index in [9.17, 15) is 13.2 Å². The molecule has 0 aliphatic heterocycles. The summed E-state index contributed by atoms with van der Waals surface area (Å²) in [5, 5.41) is 8.63. The van der Waals surface area contributed by atoms with E-state index < -0.39 is 22.0 Å². The van der Waals surface area contributed by atoms with Crippen LogP contribution in [-0.2, 0) is 21.2 Å². The van der Waals surface area contributed by atoms with Gasteiger partial charge in [0.2, 0.25) is 10.0 Å². The van der Waals surface area contributed by atoms with Gasteiger partial charge < -0.3 is 10.8 Å². The molecule has 0 heterocycles. The lowest BCUT2D eigenvalue weighted by atomic mass is 10.1. The topological polar surface area (TPSA) is 109 Å². The van der Waals surface area contributed by atoms with Crippen LogP contribution in [0.4, 0.5) is 5.69 Å². The van der Waals surface area contributed by atoms with Crippen LogP contribution in [0.2, 0.25) is 0 Å². The van der Waals surface area contributed by atoms with Gasteiger partial charge in [-0.3, -0.25) is 9.52 Å².